The highest BCUT2D eigenvalue weighted by molar-refractivity contribution is 5.67. The van der Waals surface area contributed by atoms with E-state index >= 15 is 0 Å². The molecule has 2 unspecified atom stereocenters. The van der Waals surface area contributed by atoms with Crippen LogP contribution in [0.3, 0.4) is 0 Å². The van der Waals surface area contributed by atoms with Crippen LogP contribution in [0.2, 0.25) is 0 Å². The molecule has 0 aromatic rings. The third-order valence-electron chi connectivity index (χ3n) is 4.23. The van der Waals surface area contributed by atoms with Crippen LogP contribution in [0.4, 0.5) is 4.79 Å². The van der Waals surface area contributed by atoms with Crippen molar-refractivity contribution in [2.24, 2.45) is 0 Å². The van der Waals surface area contributed by atoms with E-state index in [-0.39, 0.29) is 6.09 Å². The highest BCUT2D eigenvalue weighted by atomic mass is 16.6. The van der Waals surface area contributed by atoms with Crippen LogP contribution in [0.1, 0.15) is 39.0 Å². The Morgan fingerprint density at radius 2 is 2.00 bits per heavy atom. The van der Waals surface area contributed by atoms with Crippen LogP contribution >= 0.6 is 0 Å². The number of piperidine rings is 1. The smallest absolute Gasteiger partial charge is 0.409 e. The van der Waals surface area contributed by atoms with Gasteiger partial charge in [-0.15, -0.1) is 0 Å². The van der Waals surface area contributed by atoms with Gasteiger partial charge in [0.25, 0.3) is 0 Å². The average Bonchev–Trinajstić information content (AvgIpc) is 2.87. The molecule has 2 atom stereocenters. The second-order valence-electron chi connectivity index (χ2n) is 5.44. The van der Waals surface area contributed by atoms with E-state index in [1.807, 2.05) is 11.8 Å². The number of nitrogens with zero attached hydrogens (tertiary/aromatic N) is 1. The maximum absolute atomic E-state index is 11.6. The maximum Gasteiger partial charge on any atom is 0.409 e. The third-order valence-corrected chi connectivity index (χ3v) is 4.23. The number of amides is 1. The predicted molar refractivity (Wildman–Crippen MR) is 73.2 cm³/mol. The predicted octanol–water partition coefficient (Wildman–Crippen LogP) is 1.76. The molecule has 1 saturated heterocycles. The van der Waals surface area contributed by atoms with E-state index in [9.17, 15) is 4.79 Å². The summed E-state index contributed by atoms with van der Waals surface area (Å²) < 4.78 is 10.5. The largest absolute Gasteiger partial charge is 0.450 e. The van der Waals surface area contributed by atoms with Crippen molar-refractivity contribution in [2.45, 2.75) is 57.2 Å². The average molecular weight is 270 g/mol. The Hall–Kier alpha value is -0.810. The quantitative estimate of drug-likeness (QED) is 0.846. The van der Waals surface area contributed by atoms with Gasteiger partial charge in [-0.05, 0) is 39.0 Å². The summed E-state index contributed by atoms with van der Waals surface area (Å²) in [4.78, 5) is 13.4. The molecule has 0 bridgehead atoms. The van der Waals surface area contributed by atoms with Crippen LogP contribution in [-0.4, -0.2) is 56.0 Å². The molecular weight excluding hydrogens is 244 g/mol. The zero-order chi connectivity index (χ0) is 13.7. The Bertz CT molecular complexity index is 290. The molecule has 0 aromatic carbocycles. The molecule has 2 aliphatic rings. The Kier molecular flexibility index (Phi) is 5.45. The van der Waals surface area contributed by atoms with Crippen LogP contribution in [-0.2, 0) is 9.47 Å². The molecule has 5 nitrogen and oxygen atoms in total. The summed E-state index contributed by atoms with van der Waals surface area (Å²) in [5.41, 5.74) is 0. The van der Waals surface area contributed by atoms with E-state index in [4.69, 9.17) is 9.47 Å². The topological polar surface area (TPSA) is 50.8 Å². The molecule has 0 aromatic heterocycles. The van der Waals surface area contributed by atoms with E-state index < -0.39 is 0 Å². The summed E-state index contributed by atoms with van der Waals surface area (Å²) in [5, 5.41) is 3.71. The Labute approximate surface area is 115 Å². The maximum atomic E-state index is 11.6. The molecule has 0 spiro atoms. The normalized spacial score (nSPS) is 28.6. The van der Waals surface area contributed by atoms with Gasteiger partial charge in [0.1, 0.15) is 0 Å². The molecular formula is C14H26N2O3. The van der Waals surface area contributed by atoms with Crippen LogP contribution < -0.4 is 5.32 Å². The first-order chi connectivity index (χ1) is 9.24. The lowest BCUT2D eigenvalue weighted by molar-refractivity contribution is 0.0709. The zero-order valence-electron chi connectivity index (χ0n) is 12.1. The van der Waals surface area contributed by atoms with Crippen molar-refractivity contribution in [2.75, 3.05) is 26.8 Å². The Morgan fingerprint density at radius 3 is 2.63 bits per heavy atom. The van der Waals surface area contributed by atoms with Gasteiger partial charge in [0.15, 0.2) is 0 Å². The number of methoxy groups -OCH3 is 1. The number of nitrogens with one attached hydrogen (secondary N) is 1. The molecule has 1 N–H and O–H groups in total. The fraction of sp³-hybridized carbons (Fsp3) is 0.929. The van der Waals surface area contributed by atoms with Gasteiger partial charge in [-0.25, -0.2) is 4.79 Å². The first kappa shape index (κ1) is 14.6. The van der Waals surface area contributed by atoms with Crippen molar-refractivity contribution in [1.82, 2.24) is 10.2 Å². The van der Waals surface area contributed by atoms with Crippen molar-refractivity contribution in [3.05, 3.63) is 0 Å². The number of carbonyl (C=O) groups excluding carboxylic acids is 1. The van der Waals surface area contributed by atoms with Gasteiger partial charge in [-0.2, -0.15) is 0 Å². The van der Waals surface area contributed by atoms with Gasteiger partial charge in [-0.3, -0.25) is 0 Å². The van der Waals surface area contributed by atoms with E-state index in [0.29, 0.717) is 24.8 Å². The summed E-state index contributed by atoms with van der Waals surface area (Å²) in [6.07, 6.45) is 5.82. The van der Waals surface area contributed by atoms with Crippen LogP contribution in [0, 0.1) is 0 Å². The Morgan fingerprint density at radius 1 is 1.26 bits per heavy atom. The minimum absolute atomic E-state index is 0.170. The van der Waals surface area contributed by atoms with Crippen LogP contribution in [0.25, 0.3) is 0 Å². The van der Waals surface area contributed by atoms with Gasteiger partial charge in [0.05, 0.1) is 12.7 Å². The van der Waals surface area contributed by atoms with Gasteiger partial charge in [0.2, 0.25) is 0 Å². The molecule has 0 radical (unpaired) electrons. The van der Waals surface area contributed by atoms with E-state index in [0.717, 1.165) is 32.4 Å². The van der Waals surface area contributed by atoms with E-state index in [1.165, 1.54) is 12.8 Å². The first-order valence-corrected chi connectivity index (χ1v) is 7.45. The number of ether oxygens (including phenoxy) is 2. The van der Waals surface area contributed by atoms with Gasteiger partial charge >= 0.3 is 6.09 Å². The molecule has 19 heavy (non-hydrogen) atoms. The number of likely N-dealkylation sites (tertiary alicyclic amines) is 1. The van der Waals surface area contributed by atoms with Gasteiger partial charge < -0.3 is 19.7 Å². The molecule has 1 aliphatic carbocycles. The molecule has 110 valence electrons. The molecule has 1 heterocycles. The number of carbonyl (C=O) groups is 1. The molecule has 5 heteroatoms. The second kappa shape index (κ2) is 7.10. The van der Waals surface area contributed by atoms with Crippen LogP contribution in [0.15, 0.2) is 0 Å². The van der Waals surface area contributed by atoms with Gasteiger partial charge in [0, 0.05) is 32.3 Å². The van der Waals surface area contributed by atoms with E-state index in [1.54, 1.807) is 7.11 Å². The van der Waals surface area contributed by atoms with Gasteiger partial charge in [-0.1, -0.05) is 0 Å². The molecule has 2 rings (SSSR count). The summed E-state index contributed by atoms with van der Waals surface area (Å²) in [7, 11) is 1.80. The molecule has 1 amide bonds. The zero-order valence-corrected chi connectivity index (χ0v) is 12.1. The van der Waals surface area contributed by atoms with Crippen molar-refractivity contribution in [3.63, 3.8) is 0 Å². The highest BCUT2D eigenvalue weighted by Crippen LogP contribution is 2.23. The Balaban J connectivity index is 1.73. The number of hydrogen-bond acceptors (Lipinski definition) is 4. The standard InChI is InChI=1S/C14H26N2O3/c1-3-19-14(17)16-9-7-11(8-10-16)15-12-5-4-6-13(12)18-2/h11-13,15H,3-10H2,1-2H3. The minimum atomic E-state index is -0.170. The lowest BCUT2D eigenvalue weighted by Crippen LogP contribution is -2.49. The monoisotopic (exact) mass is 270 g/mol. The van der Waals surface area contributed by atoms with Crippen molar-refractivity contribution in [1.29, 1.82) is 0 Å². The lowest BCUT2D eigenvalue weighted by atomic mass is 10.0. The third kappa shape index (κ3) is 3.83. The molecule has 1 saturated carbocycles. The van der Waals surface area contributed by atoms with Crippen molar-refractivity contribution >= 4 is 6.09 Å². The molecule has 2 fully saturated rings. The fourth-order valence-electron chi connectivity index (χ4n) is 3.15. The summed E-state index contributed by atoms with van der Waals surface area (Å²) in [5.74, 6) is 0. The number of hydrogen-bond donors (Lipinski definition) is 1. The van der Waals surface area contributed by atoms with Crippen molar-refractivity contribution < 1.29 is 14.3 Å². The summed E-state index contributed by atoms with van der Waals surface area (Å²) in [6, 6.07) is 0.996. The lowest BCUT2D eigenvalue weighted by Gasteiger charge is -2.34. The minimum Gasteiger partial charge on any atom is -0.450 e. The SMILES string of the molecule is CCOC(=O)N1CCC(NC2CCCC2OC)CC1. The number of rotatable bonds is 4. The van der Waals surface area contributed by atoms with E-state index in [2.05, 4.69) is 5.32 Å². The van der Waals surface area contributed by atoms with Crippen LogP contribution in [0.5, 0.6) is 0 Å². The molecule has 1 aliphatic heterocycles. The summed E-state index contributed by atoms with van der Waals surface area (Å²) >= 11 is 0. The summed E-state index contributed by atoms with van der Waals surface area (Å²) in [6.45, 7) is 3.88. The first-order valence-electron chi connectivity index (χ1n) is 7.45. The second-order valence-corrected chi connectivity index (χ2v) is 5.44. The van der Waals surface area contributed by atoms with Crippen molar-refractivity contribution in [3.8, 4) is 0 Å². The fourth-order valence-corrected chi connectivity index (χ4v) is 3.15. The highest BCUT2D eigenvalue weighted by Gasteiger charge is 2.31.